The van der Waals surface area contributed by atoms with Gasteiger partial charge in [-0.2, -0.15) is 13.2 Å². The fourth-order valence-corrected chi connectivity index (χ4v) is 1.68. The van der Waals surface area contributed by atoms with Crippen molar-refractivity contribution >= 4 is 7.32 Å². The predicted octanol–water partition coefficient (Wildman–Crippen LogP) is 2.66. The Morgan fingerprint density at radius 2 is 1.63 bits per heavy atom. The Kier molecular flexibility index (Phi) is 4.22. The first-order valence-electron chi connectivity index (χ1n) is 5.68. The number of hydrogen-bond donors (Lipinski definition) is 2. The van der Waals surface area contributed by atoms with Gasteiger partial charge in [-0.15, -0.1) is 0 Å². The molecule has 0 saturated heterocycles. The van der Waals surface area contributed by atoms with E-state index in [2.05, 4.69) is 4.65 Å². The Morgan fingerprint density at radius 1 is 1.11 bits per heavy atom. The first-order valence-corrected chi connectivity index (χ1v) is 5.68. The van der Waals surface area contributed by atoms with Gasteiger partial charge >= 0.3 is 13.5 Å². The molecule has 0 heterocycles. The topological polar surface area (TPSA) is 49.7 Å². The molecule has 0 fully saturated rings. The maximum absolute atomic E-state index is 13.0. The van der Waals surface area contributed by atoms with Gasteiger partial charge in [0.15, 0.2) is 0 Å². The molecule has 1 rings (SSSR count). The lowest BCUT2D eigenvalue weighted by molar-refractivity contribution is -0.138. The minimum Gasteiger partial charge on any atom is -0.511 e. The van der Waals surface area contributed by atoms with Gasteiger partial charge in [0.05, 0.1) is 5.56 Å². The molecule has 0 amide bonds. The van der Waals surface area contributed by atoms with Crippen LogP contribution in [0.5, 0.6) is 5.75 Å². The van der Waals surface area contributed by atoms with Gasteiger partial charge in [-0.05, 0) is 29.5 Å². The van der Waals surface area contributed by atoms with Gasteiger partial charge in [-0.25, -0.2) is 0 Å². The van der Waals surface area contributed by atoms with Crippen molar-refractivity contribution in [2.24, 2.45) is 0 Å². The summed E-state index contributed by atoms with van der Waals surface area (Å²) in [7, 11) is -2.29. The molecule has 0 spiro atoms. The van der Waals surface area contributed by atoms with Crippen LogP contribution in [0.3, 0.4) is 0 Å². The van der Waals surface area contributed by atoms with Gasteiger partial charge in [-0.1, -0.05) is 26.8 Å². The molecule has 106 valence electrons. The standard InChI is InChI=1S/C12H16BF3O3/c1-7-5-8(11(2,3)4)6-9(12(14,15)16)10(7)19-13(17)18/h5-6,17-18H,1-4H3. The third-order valence-corrected chi connectivity index (χ3v) is 2.67. The van der Waals surface area contributed by atoms with E-state index in [4.69, 9.17) is 10.0 Å². The van der Waals surface area contributed by atoms with Crippen LogP contribution in [0.2, 0.25) is 0 Å². The number of alkyl halides is 3. The number of halogens is 3. The van der Waals surface area contributed by atoms with E-state index in [0.29, 0.717) is 5.56 Å². The van der Waals surface area contributed by atoms with Gasteiger partial charge in [0.25, 0.3) is 0 Å². The van der Waals surface area contributed by atoms with Crippen molar-refractivity contribution in [3.05, 3.63) is 28.8 Å². The summed E-state index contributed by atoms with van der Waals surface area (Å²) >= 11 is 0. The van der Waals surface area contributed by atoms with Crippen LogP contribution in [-0.2, 0) is 11.6 Å². The number of rotatable bonds is 2. The molecule has 2 N–H and O–H groups in total. The minimum absolute atomic E-state index is 0.202. The van der Waals surface area contributed by atoms with Crippen LogP contribution in [0, 0.1) is 6.92 Å². The maximum atomic E-state index is 13.0. The summed E-state index contributed by atoms with van der Waals surface area (Å²) in [5.41, 5.74) is -0.767. The van der Waals surface area contributed by atoms with Crippen LogP contribution < -0.4 is 4.65 Å². The number of benzene rings is 1. The largest absolute Gasteiger partial charge is 0.707 e. The van der Waals surface area contributed by atoms with Crippen LogP contribution >= 0.6 is 0 Å². The third-order valence-electron chi connectivity index (χ3n) is 2.67. The molecule has 0 radical (unpaired) electrons. The molecule has 0 bridgehead atoms. The SMILES string of the molecule is Cc1cc(C(C)(C)C)cc(C(F)(F)F)c1OB(O)O. The molecule has 0 aliphatic carbocycles. The molecule has 0 saturated carbocycles. The van der Waals surface area contributed by atoms with Crippen molar-refractivity contribution in [1.29, 1.82) is 0 Å². The quantitative estimate of drug-likeness (QED) is 0.816. The zero-order chi connectivity index (χ0) is 15.0. The van der Waals surface area contributed by atoms with Crippen LogP contribution in [-0.4, -0.2) is 17.4 Å². The summed E-state index contributed by atoms with van der Waals surface area (Å²) in [6.07, 6.45) is -4.63. The molecular weight excluding hydrogens is 260 g/mol. The van der Waals surface area contributed by atoms with Gasteiger partial charge in [0, 0.05) is 0 Å². The average Bonchev–Trinajstić information content (AvgIpc) is 2.16. The van der Waals surface area contributed by atoms with Gasteiger partial charge in [0.2, 0.25) is 0 Å². The molecular formula is C12H16BF3O3. The van der Waals surface area contributed by atoms with E-state index in [0.717, 1.165) is 6.07 Å². The van der Waals surface area contributed by atoms with E-state index in [1.54, 1.807) is 26.8 Å². The van der Waals surface area contributed by atoms with Crippen molar-refractivity contribution in [3.63, 3.8) is 0 Å². The predicted molar refractivity (Wildman–Crippen MR) is 65.7 cm³/mol. The first-order chi connectivity index (χ1) is 8.43. The van der Waals surface area contributed by atoms with Crippen molar-refractivity contribution in [2.75, 3.05) is 0 Å². The Hall–Kier alpha value is -1.21. The molecule has 0 atom stereocenters. The summed E-state index contributed by atoms with van der Waals surface area (Å²) in [4.78, 5) is 0. The lowest BCUT2D eigenvalue weighted by atomic mass is 9.84. The van der Waals surface area contributed by atoms with Crippen molar-refractivity contribution in [1.82, 2.24) is 0 Å². The summed E-state index contributed by atoms with van der Waals surface area (Å²) in [5.74, 6) is -0.560. The summed E-state index contributed by atoms with van der Waals surface area (Å²) < 4.78 is 43.5. The first kappa shape index (κ1) is 15.9. The van der Waals surface area contributed by atoms with Gasteiger partial charge < -0.3 is 14.7 Å². The molecule has 19 heavy (non-hydrogen) atoms. The minimum atomic E-state index is -4.63. The lowest BCUT2D eigenvalue weighted by Gasteiger charge is -2.24. The Bertz CT molecular complexity index is 465. The van der Waals surface area contributed by atoms with Crippen molar-refractivity contribution in [3.8, 4) is 5.75 Å². The molecule has 0 unspecified atom stereocenters. The Labute approximate surface area is 110 Å². The zero-order valence-corrected chi connectivity index (χ0v) is 11.2. The van der Waals surface area contributed by atoms with E-state index >= 15 is 0 Å². The van der Waals surface area contributed by atoms with Crippen LogP contribution in [0.4, 0.5) is 13.2 Å². The number of aryl methyl sites for hydroxylation is 1. The zero-order valence-electron chi connectivity index (χ0n) is 11.2. The average molecular weight is 276 g/mol. The third kappa shape index (κ3) is 3.88. The second-order valence-electron chi connectivity index (χ2n) is 5.36. The molecule has 0 aliphatic heterocycles. The fraction of sp³-hybridized carbons (Fsp3) is 0.500. The van der Waals surface area contributed by atoms with E-state index in [1.807, 2.05) is 0 Å². The lowest BCUT2D eigenvalue weighted by Crippen LogP contribution is -2.24. The Balaban J connectivity index is 3.48. The monoisotopic (exact) mass is 276 g/mol. The van der Waals surface area contributed by atoms with Crippen molar-refractivity contribution in [2.45, 2.75) is 39.3 Å². The van der Waals surface area contributed by atoms with Gasteiger partial charge in [0.1, 0.15) is 5.75 Å². The van der Waals surface area contributed by atoms with E-state index in [9.17, 15) is 13.2 Å². The number of hydrogen-bond acceptors (Lipinski definition) is 3. The van der Waals surface area contributed by atoms with Crippen LogP contribution in [0.15, 0.2) is 12.1 Å². The van der Waals surface area contributed by atoms with E-state index in [-0.39, 0.29) is 5.56 Å². The summed E-state index contributed by atoms with van der Waals surface area (Å²) in [5, 5.41) is 17.4. The molecule has 1 aromatic carbocycles. The molecule has 1 aromatic rings. The molecule has 0 aliphatic rings. The summed E-state index contributed by atoms with van der Waals surface area (Å²) in [6.45, 7) is 6.82. The molecule has 7 heteroatoms. The van der Waals surface area contributed by atoms with Gasteiger partial charge in [-0.3, -0.25) is 0 Å². The highest BCUT2D eigenvalue weighted by Gasteiger charge is 2.37. The maximum Gasteiger partial charge on any atom is 0.707 e. The molecule has 0 aromatic heterocycles. The normalized spacial score (nSPS) is 12.5. The Morgan fingerprint density at radius 3 is 2.00 bits per heavy atom. The summed E-state index contributed by atoms with van der Waals surface area (Å²) in [6, 6.07) is 2.53. The van der Waals surface area contributed by atoms with E-state index < -0.39 is 30.2 Å². The fourth-order valence-electron chi connectivity index (χ4n) is 1.68. The van der Waals surface area contributed by atoms with E-state index in [1.165, 1.54) is 6.92 Å². The second kappa shape index (κ2) is 5.05. The highest BCUT2D eigenvalue weighted by molar-refractivity contribution is 6.33. The smallest absolute Gasteiger partial charge is 0.511 e. The van der Waals surface area contributed by atoms with Crippen LogP contribution in [0.1, 0.15) is 37.5 Å². The highest BCUT2D eigenvalue weighted by atomic mass is 19.4. The second-order valence-corrected chi connectivity index (χ2v) is 5.36. The van der Waals surface area contributed by atoms with Crippen molar-refractivity contribution < 1.29 is 27.9 Å². The molecule has 3 nitrogen and oxygen atoms in total. The van der Waals surface area contributed by atoms with Crippen LogP contribution in [0.25, 0.3) is 0 Å². The highest BCUT2D eigenvalue weighted by Crippen LogP contribution is 2.41.